The molecule has 0 atom stereocenters. The van der Waals surface area contributed by atoms with Crippen molar-refractivity contribution in [3.8, 4) is 0 Å². The van der Waals surface area contributed by atoms with Crippen molar-refractivity contribution < 1.29 is 4.39 Å². The summed E-state index contributed by atoms with van der Waals surface area (Å²) in [5, 5.41) is 4.06. The summed E-state index contributed by atoms with van der Waals surface area (Å²) in [6.45, 7) is 0.346. The lowest BCUT2D eigenvalue weighted by molar-refractivity contribution is 0.621. The van der Waals surface area contributed by atoms with Crippen molar-refractivity contribution in [1.82, 2.24) is 9.78 Å². The first-order valence-electron chi connectivity index (χ1n) is 4.83. The highest BCUT2D eigenvalue weighted by atomic mass is 32.2. The second-order valence-electron chi connectivity index (χ2n) is 3.45. The Balaban J connectivity index is 2.24. The highest BCUT2D eigenvalue weighted by molar-refractivity contribution is 7.99. The Morgan fingerprint density at radius 3 is 2.81 bits per heavy atom. The molecule has 0 bridgehead atoms. The van der Waals surface area contributed by atoms with E-state index in [9.17, 15) is 4.39 Å². The van der Waals surface area contributed by atoms with Gasteiger partial charge in [-0.05, 0) is 23.8 Å². The summed E-state index contributed by atoms with van der Waals surface area (Å²) in [5.74, 6) is -0.255. The van der Waals surface area contributed by atoms with Crippen LogP contribution in [0.2, 0.25) is 0 Å². The van der Waals surface area contributed by atoms with E-state index in [0.29, 0.717) is 6.54 Å². The minimum Gasteiger partial charge on any atom is -0.326 e. The average molecular weight is 237 g/mol. The highest BCUT2D eigenvalue weighted by Gasteiger charge is 2.03. The van der Waals surface area contributed by atoms with Gasteiger partial charge in [-0.2, -0.15) is 5.10 Å². The smallest absolute Gasteiger partial charge is 0.124 e. The van der Waals surface area contributed by atoms with Crippen LogP contribution in [0.1, 0.15) is 5.56 Å². The first kappa shape index (κ1) is 11.2. The molecule has 0 saturated carbocycles. The van der Waals surface area contributed by atoms with Crippen molar-refractivity contribution in [2.24, 2.45) is 12.8 Å². The molecule has 0 fully saturated rings. The molecule has 84 valence electrons. The number of aryl methyl sites for hydroxylation is 1. The molecular weight excluding hydrogens is 225 g/mol. The third-order valence-corrected chi connectivity index (χ3v) is 3.00. The van der Waals surface area contributed by atoms with Crippen LogP contribution < -0.4 is 5.73 Å². The van der Waals surface area contributed by atoms with Gasteiger partial charge in [0.05, 0.1) is 11.1 Å². The van der Waals surface area contributed by atoms with Gasteiger partial charge in [0.1, 0.15) is 5.82 Å². The zero-order chi connectivity index (χ0) is 11.5. The molecular formula is C11H12FN3S. The van der Waals surface area contributed by atoms with Crippen molar-refractivity contribution in [1.29, 1.82) is 0 Å². The van der Waals surface area contributed by atoms with Gasteiger partial charge in [-0.25, -0.2) is 4.39 Å². The van der Waals surface area contributed by atoms with Crippen LogP contribution in [0.25, 0.3) is 0 Å². The maximum absolute atomic E-state index is 13.2. The molecule has 0 spiro atoms. The molecule has 2 rings (SSSR count). The summed E-state index contributed by atoms with van der Waals surface area (Å²) in [6.07, 6.45) is 3.63. The molecule has 2 N–H and O–H groups in total. The Morgan fingerprint density at radius 2 is 2.19 bits per heavy atom. The number of nitrogens with two attached hydrogens (primary N) is 1. The van der Waals surface area contributed by atoms with Crippen LogP contribution >= 0.6 is 11.8 Å². The zero-order valence-electron chi connectivity index (χ0n) is 8.85. The quantitative estimate of drug-likeness (QED) is 0.889. The number of rotatable bonds is 3. The van der Waals surface area contributed by atoms with Gasteiger partial charge in [0.25, 0.3) is 0 Å². The lowest BCUT2D eigenvalue weighted by Gasteiger charge is -2.02. The third-order valence-electron chi connectivity index (χ3n) is 2.08. The predicted molar refractivity (Wildman–Crippen MR) is 61.6 cm³/mol. The first-order valence-corrected chi connectivity index (χ1v) is 5.65. The lowest BCUT2D eigenvalue weighted by atomic mass is 10.2. The molecule has 5 heteroatoms. The van der Waals surface area contributed by atoms with E-state index in [1.54, 1.807) is 10.9 Å². The molecule has 2 aromatic rings. The van der Waals surface area contributed by atoms with E-state index < -0.39 is 0 Å². The number of halogens is 1. The molecule has 0 saturated heterocycles. The van der Waals surface area contributed by atoms with Crippen molar-refractivity contribution in [3.05, 3.63) is 42.0 Å². The number of hydrogen-bond acceptors (Lipinski definition) is 3. The van der Waals surface area contributed by atoms with Crippen LogP contribution in [-0.4, -0.2) is 9.78 Å². The number of aromatic nitrogens is 2. The largest absolute Gasteiger partial charge is 0.326 e. The topological polar surface area (TPSA) is 43.8 Å². The average Bonchev–Trinajstić information content (AvgIpc) is 2.63. The van der Waals surface area contributed by atoms with E-state index in [1.807, 2.05) is 19.3 Å². The molecule has 1 aromatic heterocycles. The van der Waals surface area contributed by atoms with E-state index in [-0.39, 0.29) is 5.82 Å². The van der Waals surface area contributed by atoms with Crippen LogP contribution in [0.5, 0.6) is 0 Å². The fourth-order valence-corrected chi connectivity index (χ4v) is 2.34. The number of hydrogen-bond donors (Lipinski definition) is 1. The van der Waals surface area contributed by atoms with Gasteiger partial charge in [0, 0.05) is 24.7 Å². The van der Waals surface area contributed by atoms with Crippen molar-refractivity contribution in [2.75, 3.05) is 0 Å². The van der Waals surface area contributed by atoms with E-state index >= 15 is 0 Å². The molecule has 0 aliphatic rings. The van der Waals surface area contributed by atoms with Gasteiger partial charge >= 0.3 is 0 Å². The molecule has 0 aliphatic heterocycles. The lowest BCUT2D eigenvalue weighted by Crippen LogP contribution is -1.96. The summed E-state index contributed by atoms with van der Waals surface area (Å²) in [7, 11) is 1.85. The molecule has 16 heavy (non-hydrogen) atoms. The Hall–Kier alpha value is -1.33. The van der Waals surface area contributed by atoms with Crippen molar-refractivity contribution in [3.63, 3.8) is 0 Å². The maximum atomic E-state index is 13.2. The second kappa shape index (κ2) is 4.67. The van der Waals surface area contributed by atoms with Crippen LogP contribution in [0, 0.1) is 5.82 Å². The molecule has 0 aliphatic carbocycles. The van der Waals surface area contributed by atoms with E-state index in [1.165, 1.54) is 23.9 Å². The van der Waals surface area contributed by atoms with E-state index in [4.69, 9.17) is 5.73 Å². The molecule has 3 nitrogen and oxygen atoms in total. The van der Waals surface area contributed by atoms with Crippen molar-refractivity contribution >= 4 is 11.8 Å². The van der Waals surface area contributed by atoms with Gasteiger partial charge in [-0.15, -0.1) is 0 Å². The van der Waals surface area contributed by atoms with E-state index in [0.717, 1.165) is 15.4 Å². The molecule has 1 heterocycles. The van der Waals surface area contributed by atoms with Crippen LogP contribution in [0.15, 0.2) is 40.4 Å². The highest BCUT2D eigenvalue weighted by Crippen LogP contribution is 2.28. The number of nitrogens with zero attached hydrogens (tertiary/aromatic N) is 2. The Morgan fingerprint density at radius 1 is 1.38 bits per heavy atom. The van der Waals surface area contributed by atoms with Gasteiger partial charge in [0.2, 0.25) is 0 Å². The Labute approximate surface area is 97.5 Å². The minimum absolute atomic E-state index is 0.255. The third kappa shape index (κ3) is 2.62. The van der Waals surface area contributed by atoms with Gasteiger partial charge in [-0.1, -0.05) is 11.8 Å². The van der Waals surface area contributed by atoms with Gasteiger partial charge in [0.15, 0.2) is 0 Å². The second-order valence-corrected chi connectivity index (χ2v) is 4.60. The van der Waals surface area contributed by atoms with Gasteiger partial charge < -0.3 is 5.73 Å². The van der Waals surface area contributed by atoms with Crippen LogP contribution in [-0.2, 0) is 13.6 Å². The van der Waals surface area contributed by atoms with Gasteiger partial charge in [-0.3, -0.25) is 4.68 Å². The SMILES string of the molecule is Cn1cc(Sc2cc(F)cc(CN)c2)cn1. The summed E-state index contributed by atoms with van der Waals surface area (Å²) in [4.78, 5) is 1.82. The standard InChI is InChI=1S/C11H12FN3S/c1-15-7-11(6-14-15)16-10-3-8(5-13)2-9(12)4-10/h2-4,6-7H,5,13H2,1H3. The number of benzene rings is 1. The van der Waals surface area contributed by atoms with E-state index in [2.05, 4.69) is 5.10 Å². The fraction of sp³-hybridized carbons (Fsp3) is 0.182. The molecule has 0 unspecified atom stereocenters. The van der Waals surface area contributed by atoms with Crippen LogP contribution in [0.4, 0.5) is 4.39 Å². The van der Waals surface area contributed by atoms with Crippen molar-refractivity contribution in [2.45, 2.75) is 16.3 Å². The molecule has 0 radical (unpaired) electrons. The molecule has 1 aromatic carbocycles. The Kier molecular flexibility index (Phi) is 3.26. The zero-order valence-corrected chi connectivity index (χ0v) is 9.67. The first-order chi connectivity index (χ1) is 7.67. The maximum Gasteiger partial charge on any atom is 0.124 e. The normalized spacial score (nSPS) is 10.7. The minimum atomic E-state index is -0.255. The monoisotopic (exact) mass is 237 g/mol. The summed E-state index contributed by atoms with van der Waals surface area (Å²) in [6, 6.07) is 4.84. The summed E-state index contributed by atoms with van der Waals surface area (Å²) >= 11 is 1.47. The fourth-order valence-electron chi connectivity index (χ4n) is 1.39. The Bertz CT molecular complexity index is 496. The molecule has 0 amide bonds. The predicted octanol–water partition coefficient (Wildman–Crippen LogP) is 2.17. The van der Waals surface area contributed by atoms with Crippen LogP contribution in [0.3, 0.4) is 0 Å². The summed E-state index contributed by atoms with van der Waals surface area (Å²) < 4.78 is 14.9. The summed E-state index contributed by atoms with van der Waals surface area (Å²) in [5.41, 5.74) is 6.29.